The molecule has 0 aliphatic carbocycles. The molecule has 0 saturated heterocycles. The molecule has 0 unspecified atom stereocenters. The largest absolute Gasteiger partial charge is 0.494 e. The Bertz CT molecular complexity index is 933. The Labute approximate surface area is 119 Å². The zero-order valence-corrected chi connectivity index (χ0v) is 10.9. The standard InChI is InChI=1S/C15H11N5O/c21-14-10(9-4-3-7-16-13(9)20-14)8-17-15-18-11-5-1-2-6-12(11)19-15/h1-8,21H,(H,16,20)(H,18,19). The number of H-pyrrole nitrogens is 2. The molecule has 0 aliphatic heterocycles. The number of aromatic nitrogens is 4. The molecule has 0 saturated carbocycles. The third kappa shape index (κ3) is 1.93. The number of pyridine rings is 1. The molecule has 0 aliphatic rings. The third-order valence-corrected chi connectivity index (χ3v) is 3.28. The summed E-state index contributed by atoms with van der Waals surface area (Å²) < 4.78 is 0. The number of nitrogens with one attached hydrogen (secondary N) is 2. The molecule has 3 heterocycles. The van der Waals surface area contributed by atoms with E-state index in [0.29, 0.717) is 17.2 Å². The van der Waals surface area contributed by atoms with Crippen LogP contribution in [0.25, 0.3) is 22.1 Å². The Morgan fingerprint density at radius 2 is 2.00 bits per heavy atom. The topological polar surface area (TPSA) is 89.9 Å². The quantitative estimate of drug-likeness (QED) is 0.492. The molecule has 0 bridgehead atoms. The molecule has 0 radical (unpaired) electrons. The first-order valence-corrected chi connectivity index (χ1v) is 6.46. The molecule has 0 amide bonds. The van der Waals surface area contributed by atoms with E-state index in [-0.39, 0.29) is 5.88 Å². The SMILES string of the molecule is Oc1[nH]c2ncccc2c1C=Nc1nc2ccccc2[nH]1. The van der Waals surface area contributed by atoms with E-state index in [9.17, 15) is 5.11 Å². The number of imidazole rings is 1. The fraction of sp³-hybridized carbons (Fsp3) is 0. The van der Waals surface area contributed by atoms with E-state index in [2.05, 4.69) is 24.9 Å². The Kier molecular flexibility index (Phi) is 2.47. The Hall–Kier alpha value is -3.15. The van der Waals surface area contributed by atoms with Crippen molar-refractivity contribution in [2.45, 2.75) is 0 Å². The first kappa shape index (κ1) is 11.7. The highest BCUT2D eigenvalue weighted by molar-refractivity contribution is 6.01. The summed E-state index contributed by atoms with van der Waals surface area (Å²) in [5, 5.41) is 10.7. The van der Waals surface area contributed by atoms with Gasteiger partial charge in [-0.1, -0.05) is 12.1 Å². The predicted molar refractivity (Wildman–Crippen MR) is 81.1 cm³/mol. The molecule has 0 spiro atoms. The minimum absolute atomic E-state index is 0.0450. The van der Waals surface area contributed by atoms with Crippen LogP contribution in [0.1, 0.15) is 5.56 Å². The van der Waals surface area contributed by atoms with Gasteiger partial charge in [0.05, 0.1) is 16.6 Å². The number of aromatic amines is 2. The van der Waals surface area contributed by atoms with Crippen molar-refractivity contribution in [1.29, 1.82) is 0 Å². The molecule has 3 N–H and O–H groups in total. The molecule has 6 heteroatoms. The molecule has 1 aromatic carbocycles. The van der Waals surface area contributed by atoms with Crippen molar-refractivity contribution in [1.82, 2.24) is 19.9 Å². The molecule has 3 aromatic heterocycles. The van der Waals surface area contributed by atoms with E-state index in [0.717, 1.165) is 16.4 Å². The van der Waals surface area contributed by atoms with Gasteiger partial charge in [0.25, 0.3) is 0 Å². The highest BCUT2D eigenvalue weighted by Crippen LogP contribution is 2.24. The van der Waals surface area contributed by atoms with E-state index in [4.69, 9.17) is 0 Å². The van der Waals surface area contributed by atoms with Crippen LogP contribution in [0.5, 0.6) is 5.88 Å². The number of nitrogens with zero attached hydrogens (tertiary/aromatic N) is 3. The second-order valence-electron chi connectivity index (χ2n) is 4.62. The van der Waals surface area contributed by atoms with Gasteiger partial charge < -0.3 is 15.1 Å². The maximum Gasteiger partial charge on any atom is 0.227 e. The number of benzene rings is 1. The molecule has 0 fully saturated rings. The van der Waals surface area contributed by atoms with E-state index in [1.54, 1.807) is 12.4 Å². The number of hydrogen-bond acceptors (Lipinski definition) is 4. The Morgan fingerprint density at radius 1 is 1.10 bits per heavy atom. The molecule has 4 rings (SSSR count). The second kappa shape index (κ2) is 4.45. The summed E-state index contributed by atoms with van der Waals surface area (Å²) in [5.74, 6) is 0.539. The van der Waals surface area contributed by atoms with Crippen molar-refractivity contribution < 1.29 is 5.11 Å². The van der Waals surface area contributed by atoms with Crippen molar-refractivity contribution in [3.63, 3.8) is 0 Å². The normalized spacial score (nSPS) is 11.8. The van der Waals surface area contributed by atoms with Crippen LogP contribution in [0, 0.1) is 0 Å². The first-order chi connectivity index (χ1) is 10.3. The summed E-state index contributed by atoms with van der Waals surface area (Å²) >= 11 is 0. The summed E-state index contributed by atoms with van der Waals surface area (Å²) in [4.78, 5) is 18.7. The van der Waals surface area contributed by atoms with Crippen LogP contribution in [0.4, 0.5) is 5.95 Å². The number of aromatic hydroxyl groups is 1. The number of hydrogen-bond donors (Lipinski definition) is 3. The van der Waals surface area contributed by atoms with Gasteiger partial charge in [0.1, 0.15) is 5.65 Å². The van der Waals surface area contributed by atoms with Crippen LogP contribution in [0.2, 0.25) is 0 Å². The lowest BCUT2D eigenvalue weighted by Crippen LogP contribution is -1.80. The average molecular weight is 277 g/mol. The number of fused-ring (bicyclic) bond motifs is 2. The van der Waals surface area contributed by atoms with Gasteiger partial charge in [-0.15, -0.1) is 0 Å². The summed E-state index contributed by atoms with van der Waals surface area (Å²) in [5.41, 5.74) is 3.00. The minimum Gasteiger partial charge on any atom is -0.494 e. The highest BCUT2D eigenvalue weighted by atomic mass is 16.3. The van der Waals surface area contributed by atoms with E-state index in [1.807, 2.05) is 36.4 Å². The van der Waals surface area contributed by atoms with Gasteiger partial charge in [-0.2, -0.15) is 0 Å². The molecule has 21 heavy (non-hydrogen) atoms. The molecular weight excluding hydrogens is 266 g/mol. The van der Waals surface area contributed by atoms with E-state index in [1.165, 1.54) is 0 Å². The van der Waals surface area contributed by atoms with Crippen LogP contribution < -0.4 is 0 Å². The maximum atomic E-state index is 9.93. The summed E-state index contributed by atoms with van der Waals surface area (Å²) in [6.45, 7) is 0. The fourth-order valence-electron chi connectivity index (χ4n) is 2.29. The molecule has 6 nitrogen and oxygen atoms in total. The number of aliphatic imine (C=N–C) groups is 1. The second-order valence-corrected chi connectivity index (χ2v) is 4.62. The van der Waals surface area contributed by atoms with Crippen LogP contribution in [0.3, 0.4) is 0 Å². The molecule has 0 atom stereocenters. The van der Waals surface area contributed by atoms with Gasteiger partial charge in [0.15, 0.2) is 5.88 Å². The summed E-state index contributed by atoms with van der Waals surface area (Å²) in [6.07, 6.45) is 3.24. The van der Waals surface area contributed by atoms with Crippen molar-refractivity contribution >= 4 is 34.2 Å². The molecule has 102 valence electrons. The summed E-state index contributed by atoms with van der Waals surface area (Å²) in [6, 6.07) is 11.4. The van der Waals surface area contributed by atoms with Gasteiger partial charge in [-0.05, 0) is 24.3 Å². The van der Waals surface area contributed by atoms with Crippen LogP contribution in [-0.4, -0.2) is 31.3 Å². The van der Waals surface area contributed by atoms with Crippen LogP contribution in [0.15, 0.2) is 47.6 Å². The van der Waals surface area contributed by atoms with Gasteiger partial charge in [0, 0.05) is 17.8 Å². The molecular formula is C15H11N5O. The Balaban J connectivity index is 1.78. The third-order valence-electron chi connectivity index (χ3n) is 3.28. The lowest BCUT2D eigenvalue weighted by atomic mass is 10.2. The monoisotopic (exact) mass is 277 g/mol. The van der Waals surface area contributed by atoms with E-state index >= 15 is 0 Å². The van der Waals surface area contributed by atoms with Crippen molar-refractivity contribution in [3.8, 4) is 5.88 Å². The van der Waals surface area contributed by atoms with E-state index < -0.39 is 0 Å². The maximum absolute atomic E-state index is 9.93. The minimum atomic E-state index is 0.0450. The smallest absolute Gasteiger partial charge is 0.227 e. The van der Waals surface area contributed by atoms with Crippen LogP contribution in [-0.2, 0) is 0 Å². The first-order valence-electron chi connectivity index (χ1n) is 6.46. The lowest BCUT2D eigenvalue weighted by molar-refractivity contribution is 0.457. The van der Waals surface area contributed by atoms with Crippen LogP contribution >= 0.6 is 0 Å². The highest BCUT2D eigenvalue weighted by Gasteiger charge is 2.09. The van der Waals surface area contributed by atoms with Gasteiger partial charge in [-0.3, -0.25) is 0 Å². The lowest BCUT2D eigenvalue weighted by Gasteiger charge is -1.90. The Morgan fingerprint density at radius 3 is 2.90 bits per heavy atom. The van der Waals surface area contributed by atoms with Gasteiger partial charge in [0.2, 0.25) is 5.95 Å². The predicted octanol–water partition coefficient (Wildman–Crippen LogP) is 2.90. The number of rotatable bonds is 2. The molecule has 4 aromatic rings. The fourth-order valence-corrected chi connectivity index (χ4v) is 2.29. The zero-order chi connectivity index (χ0) is 14.2. The average Bonchev–Trinajstić information content (AvgIpc) is 3.04. The number of para-hydroxylation sites is 2. The van der Waals surface area contributed by atoms with Gasteiger partial charge in [-0.25, -0.2) is 15.0 Å². The summed E-state index contributed by atoms with van der Waals surface area (Å²) in [7, 11) is 0. The van der Waals surface area contributed by atoms with Crippen molar-refractivity contribution in [2.24, 2.45) is 4.99 Å². The zero-order valence-electron chi connectivity index (χ0n) is 10.9. The van der Waals surface area contributed by atoms with Crippen molar-refractivity contribution in [2.75, 3.05) is 0 Å². The van der Waals surface area contributed by atoms with Gasteiger partial charge >= 0.3 is 0 Å². The van der Waals surface area contributed by atoms with Crippen molar-refractivity contribution in [3.05, 3.63) is 48.2 Å².